The number of nitrogens with zero attached hydrogens (tertiary/aromatic N) is 3. The first-order chi connectivity index (χ1) is 12.3. The number of rotatable bonds is 5. The van der Waals surface area contributed by atoms with Gasteiger partial charge in [-0.05, 0) is 31.0 Å². The first-order valence-electron chi connectivity index (χ1n) is 7.44. The third kappa shape index (κ3) is 3.10. The summed E-state index contributed by atoms with van der Waals surface area (Å²) in [6.45, 7) is 3.44. The molecule has 26 heavy (non-hydrogen) atoms. The molecule has 2 atom stereocenters. The zero-order chi connectivity index (χ0) is 19.0. The van der Waals surface area contributed by atoms with Gasteiger partial charge in [-0.1, -0.05) is 0 Å². The number of thioether (sulfide) groups is 1. The van der Waals surface area contributed by atoms with Gasteiger partial charge in [0.15, 0.2) is 11.5 Å². The molecule has 3 heterocycles. The van der Waals surface area contributed by atoms with Crippen LogP contribution in [-0.4, -0.2) is 62.0 Å². The molecule has 1 fully saturated rings. The lowest BCUT2D eigenvalue weighted by atomic mass is 10.0. The largest absolute Gasteiger partial charge is 0.389 e. The number of β-lactam (4-membered cyclic amide) rings is 1. The third-order valence-electron chi connectivity index (χ3n) is 3.78. The Morgan fingerprint density at radius 2 is 2.12 bits per heavy atom. The molecule has 138 valence electrons. The Morgan fingerprint density at radius 1 is 1.38 bits per heavy atom. The number of aromatic nitrogens is 2. The van der Waals surface area contributed by atoms with E-state index in [0.717, 1.165) is 11.5 Å². The molecule has 10 nitrogen and oxygen atoms in total. The van der Waals surface area contributed by atoms with Gasteiger partial charge in [0.25, 0.3) is 11.8 Å². The summed E-state index contributed by atoms with van der Waals surface area (Å²) in [5.41, 5.74) is 0.395. The minimum absolute atomic E-state index is 0.0185. The third-order valence-corrected chi connectivity index (χ3v) is 5.82. The molecule has 1 aromatic rings. The van der Waals surface area contributed by atoms with E-state index in [1.807, 2.05) is 0 Å². The molecule has 0 aliphatic carbocycles. The van der Waals surface area contributed by atoms with Crippen molar-refractivity contribution in [2.75, 3.05) is 12.9 Å². The van der Waals surface area contributed by atoms with E-state index < -0.39 is 34.9 Å². The van der Waals surface area contributed by atoms with E-state index in [4.69, 9.17) is 5.41 Å². The van der Waals surface area contributed by atoms with Crippen LogP contribution in [0.4, 0.5) is 0 Å². The van der Waals surface area contributed by atoms with E-state index in [9.17, 15) is 14.4 Å². The predicted molar refractivity (Wildman–Crippen MR) is 92.3 cm³/mol. The fourth-order valence-corrected chi connectivity index (χ4v) is 4.36. The zero-order valence-electron chi connectivity index (χ0n) is 14.1. The van der Waals surface area contributed by atoms with E-state index in [1.54, 1.807) is 13.8 Å². The summed E-state index contributed by atoms with van der Waals surface area (Å²) in [5, 5.41) is 10.6. The average Bonchev–Trinajstić information content (AvgIpc) is 3.05. The second-order valence-electron chi connectivity index (χ2n) is 5.54. The monoisotopic (exact) mass is 397 g/mol. The number of carbonyl (C=O) groups excluding carboxylic acids is 3. The summed E-state index contributed by atoms with van der Waals surface area (Å²) in [4.78, 5) is 50.9. The number of hydrogen-bond donors (Lipinski definition) is 2. The highest BCUT2D eigenvalue weighted by molar-refractivity contribution is 8.00. The highest BCUT2D eigenvalue weighted by Gasteiger charge is 2.54. The van der Waals surface area contributed by atoms with E-state index in [2.05, 4.69) is 24.4 Å². The van der Waals surface area contributed by atoms with Crippen molar-refractivity contribution in [1.82, 2.24) is 19.6 Å². The standard InChI is InChI=1S/C14H15N5O5S2/c1-5-4-25-13-8(12(21)19(13)9(5)14(22)24-23-3)17-11(20)7(15)10-16-6(2)26-18-10/h8,13,15H,4H2,1-3H3,(H,17,20). The molecule has 2 aliphatic rings. The second kappa shape index (κ2) is 7.13. The smallest absolute Gasteiger partial charge is 0.336 e. The maximum absolute atomic E-state index is 12.5. The minimum atomic E-state index is -0.842. The van der Waals surface area contributed by atoms with Gasteiger partial charge in [0.05, 0.1) is 7.11 Å². The fraction of sp³-hybridized carbons (Fsp3) is 0.429. The van der Waals surface area contributed by atoms with Crippen molar-refractivity contribution in [3.8, 4) is 0 Å². The molecule has 0 spiro atoms. The van der Waals surface area contributed by atoms with Crippen LogP contribution in [0.3, 0.4) is 0 Å². The van der Waals surface area contributed by atoms with Crippen LogP contribution in [0.25, 0.3) is 0 Å². The van der Waals surface area contributed by atoms with Gasteiger partial charge in [0, 0.05) is 5.75 Å². The Morgan fingerprint density at radius 3 is 2.73 bits per heavy atom. The normalized spacial score (nSPS) is 21.8. The molecule has 1 saturated heterocycles. The maximum atomic E-state index is 12.5. The lowest BCUT2D eigenvalue weighted by molar-refractivity contribution is -0.252. The number of nitrogens with one attached hydrogen (secondary N) is 2. The zero-order valence-corrected chi connectivity index (χ0v) is 15.7. The Bertz CT molecular complexity index is 835. The Kier molecular flexibility index (Phi) is 5.07. The molecule has 2 aliphatic heterocycles. The first kappa shape index (κ1) is 18.5. The molecule has 0 saturated carbocycles. The molecule has 0 aromatic carbocycles. The lowest BCUT2D eigenvalue weighted by Crippen LogP contribution is -2.71. The average molecular weight is 397 g/mol. The number of amides is 2. The molecule has 0 radical (unpaired) electrons. The van der Waals surface area contributed by atoms with Crippen molar-refractivity contribution in [1.29, 1.82) is 5.41 Å². The molecular formula is C14H15N5O5S2. The number of hydrogen-bond acceptors (Lipinski definition) is 10. The topological polar surface area (TPSA) is 135 Å². The van der Waals surface area contributed by atoms with E-state index >= 15 is 0 Å². The molecule has 0 bridgehead atoms. The molecule has 2 amide bonds. The molecule has 12 heteroatoms. The Hall–Kier alpha value is -2.31. The summed E-state index contributed by atoms with van der Waals surface area (Å²) in [6, 6.07) is -0.842. The summed E-state index contributed by atoms with van der Waals surface area (Å²) < 4.78 is 3.92. The van der Waals surface area contributed by atoms with Crippen LogP contribution in [0.2, 0.25) is 0 Å². The molecule has 2 N–H and O–H groups in total. The summed E-state index contributed by atoms with van der Waals surface area (Å²) >= 11 is 2.50. The van der Waals surface area contributed by atoms with Crippen LogP contribution in [-0.2, 0) is 24.2 Å². The van der Waals surface area contributed by atoms with Gasteiger partial charge in [0.2, 0.25) is 0 Å². The molecule has 3 rings (SSSR count). The van der Waals surface area contributed by atoms with E-state index in [1.165, 1.54) is 23.8 Å². The highest BCUT2D eigenvalue weighted by Crippen LogP contribution is 2.40. The lowest BCUT2D eigenvalue weighted by Gasteiger charge is -2.49. The fourth-order valence-electron chi connectivity index (χ4n) is 2.59. The summed E-state index contributed by atoms with van der Waals surface area (Å²) in [5.74, 6) is -1.44. The van der Waals surface area contributed by atoms with Crippen molar-refractivity contribution in [2.24, 2.45) is 0 Å². The SMILES string of the molecule is COOC(=O)C1=C(C)CSC2C(NC(=O)C(=N)c3nsc(C)n3)C(=O)N12. The van der Waals surface area contributed by atoms with Crippen molar-refractivity contribution >= 4 is 46.8 Å². The minimum Gasteiger partial charge on any atom is -0.336 e. The van der Waals surface area contributed by atoms with Crippen LogP contribution in [0.5, 0.6) is 0 Å². The number of aryl methyl sites for hydroxylation is 1. The van der Waals surface area contributed by atoms with Gasteiger partial charge in [-0.2, -0.15) is 9.26 Å². The highest BCUT2D eigenvalue weighted by atomic mass is 32.2. The van der Waals surface area contributed by atoms with Gasteiger partial charge in [-0.15, -0.1) is 11.8 Å². The summed E-state index contributed by atoms with van der Waals surface area (Å²) in [7, 11) is 1.20. The molecular weight excluding hydrogens is 382 g/mol. The van der Waals surface area contributed by atoms with Crippen molar-refractivity contribution in [3.05, 3.63) is 22.1 Å². The van der Waals surface area contributed by atoms with Gasteiger partial charge < -0.3 is 5.32 Å². The quantitative estimate of drug-likeness (QED) is 0.307. The second-order valence-corrected chi connectivity index (χ2v) is 7.60. The van der Waals surface area contributed by atoms with Gasteiger partial charge >= 0.3 is 5.97 Å². The van der Waals surface area contributed by atoms with Gasteiger partial charge in [-0.3, -0.25) is 24.8 Å². The van der Waals surface area contributed by atoms with Crippen molar-refractivity contribution in [2.45, 2.75) is 25.3 Å². The summed E-state index contributed by atoms with van der Waals surface area (Å²) in [6.07, 6.45) is 0. The van der Waals surface area contributed by atoms with Crippen LogP contribution >= 0.6 is 23.3 Å². The van der Waals surface area contributed by atoms with Crippen LogP contribution < -0.4 is 5.32 Å². The number of carbonyl (C=O) groups is 3. The predicted octanol–water partition coefficient (Wildman–Crippen LogP) is -0.00711. The van der Waals surface area contributed by atoms with Crippen molar-refractivity contribution < 1.29 is 24.2 Å². The molecule has 1 aromatic heterocycles. The van der Waals surface area contributed by atoms with Crippen LogP contribution in [0.1, 0.15) is 17.8 Å². The van der Waals surface area contributed by atoms with E-state index in [0.29, 0.717) is 16.3 Å². The number of fused-ring (bicyclic) bond motifs is 1. The van der Waals surface area contributed by atoms with E-state index in [-0.39, 0.29) is 11.5 Å². The Balaban J connectivity index is 1.71. The maximum Gasteiger partial charge on any atom is 0.389 e. The van der Waals surface area contributed by atoms with Crippen LogP contribution in [0.15, 0.2) is 11.3 Å². The molecule has 2 unspecified atom stereocenters. The van der Waals surface area contributed by atoms with Crippen molar-refractivity contribution in [3.63, 3.8) is 0 Å². The van der Waals surface area contributed by atoms with Gasteiger partial charge in [-0.25, -0.2) is 9.78 Å². The Labute approximate surface area is 156 Å². The van der Waals surface area contributed by atoms with Gasteiger partial charge in [0.1, 0.15) is 22.1 Å². The van der Waals surface area contributed by atoms with Crippen LogP contribution in [0, 0.1) is 12.3 Å². The first-order valence-corrected chi connectivity index (χ1v) is 9.27.